The number of nitrogens with zero attached hydrogens (tertiary/aromatic N) is 1. The van der Waals surface area contributed by atoms with Crippen molar-refractivity contribution >= 4 is 11.9 Å². The minimum Gasteiger partial charge on any atom is -0.504 e. The quantitative estimate of drug-likeness (QED) is 0.558. The molecule has 1 aliphatic rings. The van der Waals surface area contributed by atoms with E-state index in [2.05, 4.69) is 5.32 Å². The van der Waals surface area contributed by atoms with Crippen LogP contribution in [0.5, 0.6) is 11.5 Å². The molecule has 19 heavy (non-hydrogen) atoms. The molecule has 1 aromatic carbocycles. The Hall–Kier alpha value is -2.24. The first-order valence-electron chi connectivity index (χ1n) is 6.15. The fraction of sp³-hybridized carbons (Fsp3) is 0.385. The summed E-state index contributed by atoms with van der Waals surface area (Å²) in [5.74, 6) is -0.697. The summed E-state index contributed by atoms with van der Waals surface area (Å²) in [5.41, 5.74) is 0.673. The largest absolute Gasteiger partial charge is 0.504 e. The first-order valence-corrected chi connectivity index (χ1v) is 6.15. The Labute approximate surface area is 110 Å². The molecule has 1 aromatic rings. The number of hydrogen-bond donors (Lipinski definition) is 3. The Morgan fingerprint density at radius 1 is 1.26 bits per heavy atom. The molecule has 1 heterocycles. The lowest BCUT2D eigenvalue weighted by Crippen LogP contribution is -2.32. The predicted octanol–water partition coefficient (Wildman–Crippen LogP) is 0.971. The highest BCUT2D eigenvalue weighted by molar-refractivity contribution is 6.04. The normalized spacial score (nSPS) is 18.8. The molecule has 3 N–H and O–H groups in total. The molecule has 0 aliphatic carbocycles. The molecule has 1 saturated heterocycles. The van der Waals surface area contributed by atoms with E-state index in [1.165, 1.54) is 17.0 Å². The first kappa shape index (κ1) is 13.2. The number of hydrogen-bond acceptors (Lipinski definition) is 4. The second-order valence-electron chi connectivity index (χ2n) is 4.52. The molecular formula is C13H16N2O4. The standard InChI is InChI=1S/C13H16N2O4/c1-2-5-15-12(18)9(14-13(15)19)6-8-3-4-10(16)11(17)7-8/h3-4,7,9,16-17H,2,5-6H2,1H3,(H,14,19). The molecule has 1 fully saturated rings. The Morgan fingerprint density at radius 2 is 2.00 bits per heavy atom. The van der Waals surface area contributed by atoms with Gasteiger partial charge in [-0.15, -0.1) is 0 Å². The van der Waals surface area contributed by atoms with Crippen LogP contribution < -0.4 is 5.32 Å². The zero-order chi connectivity index (χ0) is 14.0. The molecule has 6 nitrogen and oxygen atoms in total. The second-order valence-corrected chi connectivity index (χ2v) is 4.52. The van der Waals surface area contributed by atoms with Gasteiger partial charge in [-0.2, -0.15) is 0 Å². The number of benzene rings is 1. The average Bonchev–Trinajstić information content (AvgIpc) is 2.62. The van der Waals surface area contributed by atoms with Gasteiger partial charge in [0.05, 0.1) is 0 Å². The minimum atomic E-state index is -0.608. The third kappa shape index (κ3) is 2.62. The van der Waals surface area contributed by atoms with Gasteiger partial charge in [0.25, 0.3) is 5.91 Å². The van der Waals surface area contributed by atoms with Gasteiger partial charge in [0, 0.05) is 13.0 Å². The van der Waals surface area contributed by atoms with Crippen molar-refractivity contribution in [2.24, 2.45) is 0 Å². The molecule has 0 spiro atoms. The van der Waals surface area contributed by atoms with E-state index in [9.17, 15) is 19.8 Å². The Bertz CT molecular complexity index is 515. The molecule has 6 heteroatoms. The van der Waals surface area contributed by atoms with Gasteiger partial charge < -0.3 is 15.5 Å². The van der Waals surface area contributed by atoms with Gasteiger partial charge in [-0.05, 0) is 24.1 Å². The van der Waals surface area contributed by atoms with Crippen LogP contribution in [0.4, 0.5) is 4.79 Å². The highest BCUT2D eigenvalue weighted by Gasteiger charge is 2.37. The van der Waals surface area contributed by atoms with Crippen LogP contribution in [0, 0.1) is 0 Å². The van der Waals surface area contributed by atoms with Crippen molar-refractivity contribution in [2.75, 3.05) is 6.54 Å². The Balaban J connectivity index is 2.09. The van der Waals surface area contributed by atoms with Crippen LogP contribution in [0.15, 0.2) is 18.2 Å². The lowest BCUT2D eigenvalue weighted by Gasteiger charge is -2.11. The number of aromatic hydroxyl groups is 2. The maximum Gasteiger partial charge on any atom is 0.324 e. The van der Waals surface area contributed by atoms with Crippen molar-refractivity contribution in [3.8, 4) is 11.5 Å². The van der Waals surface area contributed by atoms with Crippen LogP contribution in [0.3, 0.4) is 0 Å². The Kier molecular flexibility index (Phi) is 3.59. The van der Waals surface area contributed by atoms with Gasteiger partial charge in [0.15, 0.2) is 11.5 Å². The van der Waals surface area contributed by atoms with E-state index in [0.717, 1.165) is 0 Å². The maximum atomic E-state index is 12.0. The predicted molar refractivity (Wildman–Crippen MR) is 67.8 cm³/mol. The summed E-state index contributed by atoms with van der Waals surface area (Å²) >= 11 is 0. The summed E-state index contributed by atoms with van der Waals surface area (Å²) in [5, 5.41) is 21.2. The van der Waals surface area contributed by atoms with Crippen molar-refractivity contribution in [3.63, 3.8) is 0 Å². The molecule has 1 atom stereocenters. The number of phenolic OH excluding ortho intramolecular Hbond substituents is 2. The lowest BCUT2D eigenvalue weighted by molar-refractivity contribution is -0.127. The van der Waals surface area contributed by atoms with Crippen molar-refractivity contribution in [1.29, 1.82) is 0 Å². The maximum absolute atomic E-state index is 12.0. The molecule has 0 bridgehead atoms. The zero-order valence-corrected chi connectivity index (χ0v) is 10.6. The van der Waals surface area contributed by atoms with Gasteiger partial charge in [-0.1, -0.05) is 13.0 Å². The number of imide groups is 1. The van der Waals surface area contributed by atoms with Crippen molar-refractivity contribution in [2.45, 2.75) is 25.8 Å². The molecule has 1 aliphatic heterocycles. The van der Waals surface area contributed by atoms with Gasteiger partial charge >= 0.3 is 6.03 Å². The van der Waals surface area contributed by atoms with E-state index < -0.39 is 6.04 Å². The van der Waals surface area contributed by atoms with Crippen molar-refractivity contribution in [3.05, 3.63) is 23.8 Å². The van der Waals surface area contributed by atoms with Crippen LogP contribution in [0.1, 0.15) is 18.9 Å². The van der Waals surface area contributed by atoms with Crippen molar-refractivity contribution in [1.82, 2.24) is 10.2 Å². The summed E-state index contributed by atoms with van der Waals surface area (Å²) in [4.78, 5) is 24.8. The molecular weight excluding hydrogens is 248 g/mol. The number of nitrogens with one attached hydrogen (secondary N) is 1. The molecule has 0 aromatic heterocycles. The van der Waals surface area contributed by atoms with E-state index in [0.29, 0.717) is 24.9 Å². The second kappa shape index (κ2) is 5.17. The molecule has 0 radical (unpaired) electrons. The van der Waals surface area contributed by atoms with E-state index >= 15 is 0 Å². The fourth-order valence-corrected chi connectivity index (χ4v) is 2.08. The van der Waals surface area contributed by atoms with Crippen LogP contribution >= 0.6 is 0 Å². The number of rotatable bonds is 4. The average molecular weight is 264 g/mol. The van der Waals surface area contributed by atoms with Gasteiger partial charge in [0.1, 0.15) is 6.04 Å². The number of amides is 3. The monoisotopic (exact) mass is 264 g/mol. The fourth-order valence-electron chi connectivity index (χ4n) is 2.08. The van der Waals surface area contributed by atoms with E-state index in [1.807, 2.05) is 6.92 Å². The van der Waals surface area contributed by atoms with E-state index in [1.54, 1.807) is 6.07 Å². The molecule has 2 rings (SSSR count). The van der Waals surface area contributed by atoms with Crippen LogP contribution in [-0.4, -0.2) is 39.6 Å². The van der Waals surface area contributed by atoms with E-state index in [4.69, 9.17) is 0 Å². The highest BCUT2D eigenvalue weighted by atomic mass is 16.3. The molecule has 1 unspecified atom stereocenters. The minimum absolute atomic E-state index is 0.210. The van der Waals surface area contributed by atoms with Gasteiger partial charge in [-0.3, -0.25) is 9.69 Å². The number of carbonyl (C=O) groups is 2. The summed E-state index contributed by atoms with van der Waals surface area (Å²) < 4.78 is 0. The van der Waals surface area contributed by atoms with E-state index in [-0.39, 0.29) is 23.4 Å². The zero-order valence-electron chi connectivity index (χ0n) is 10.6. The number of phenols is 2. The topological polar surface area (TPSA) is 89.9 Å². The highest BCUT2D eigenvalue weighted by Crippen LogP contribution is 2.26. The van der Waals surface area contributed by atoms with Crippen molar-refractivity contribution < 1.29 is 19.8 Å². The molecule has 0 saturated carbocycles. The number of urea groups is 1. The third-order valence-corrected chi connectivity index (χ3v) is 3.03. The van der Waals surface area contributed by atoms with Gasteiger partial charge in [0.2, 0.25) is 0 Å². The lowest BCUT2D eigenvalue weighted by atomic mass is 10.1. The van der Waals surface area contributed by atoms with Crippen LogP contribution in [0.25, 0.3) is 0 Å². The van der Waals surface area contributed by atoms with Crippen LogP contribution in [0.2, 0.25) is 0 Å². The summed E-state index contributed by atoms with van der Waals surface area (Å²) in [6, 6.07) is 3.37. The summed E-state index contributed by atoms with van der Waals surface area (Å²) in [7, 11) is 0. The number of carbonyl (C=O) groups excluding carboxylic acids is 2. The summed E-state index contributed by atoms with van der Waals surface area (Å²) in [6.45, 7) is 2.30. The third-order valence-electron chi connectivity index (χ3n) is 3.03. The van der Waals surface area contributed by atoms with Gasteiger partial charge in [-0.25, -0.2) is 4.79 Å². The smallest absolute Gasteiger partial charge is 0.324 e. The molecule has 3 amide bonds. The molecule has 102 valence electrons. The SMILES string of the molecule is CCCN1C(=O)NC(Cc2ccc(O)c(O)c2)C1=O. The Morgan fingerprint density at radius 3 is 2.63 bits per heavy atom. The first-order chi connectivity index (χ1) is 9.02. The van der Waals surface area contributed by atoms with Crippen LogP contribution in [-0.2, 0) is 11.2 Å². The summed E-state index contributed by atoms with van der Waals surface area (Å²) in [6.07, 6.45) is 1.00.